The molecule has 0 aliphatic heterocycles. The molecular formula is C12H26O6. The lowest BCUT2D eigenvalue weighted by Crippen LogP contribution is -1.86. The van der Waals surface area contributed by atoms with Gasteiger partial charge in [-0.25, -0.2) is 0 Å². The molecule has 0 fully saturated rings. The second kappa shape index (κ2) is 21.2. The molecule has 18 heavy (non-hydrogen) atoms. The lowest BCUT2D eigenvalue weighted by Gasteiger charge is -1.93. The molecule has 0 rings (SSSR count). The topological polar surface area (TPSA) is 115 Å². The van der Waals surface area contributed by atoms with Crippen molar-refractivity contribution in [3.05, 3.63) is 0 Å². The van der Waals surface area contributed by atoms with Gasteiger partial charge >= 0.3 is 11.9 Å². The van der Waals surface area contributed by atoms with Crippen LogP contribution in [0.25, 0.3) is 0 Å². The molecule has 0 amide bonds. The second-order valence-corrected chi connectivity index (χ2v) is 3.36. The lowest BCUT2D eigenvalue weighted by molar-refractivity contribution is -0.137. The molecule has 0 aromatic heterocycles. The highest BCUT2D eigenvalue weighted by atomic mass is 16.4. The van der Waals surface area contributed by atoms with Gasteiger partial charge in [-0.1, -0.05) is 26.7 Å². The first kappa shape index (κ1) is 22.1. The number of aliphatic carboxylic acids is 2. The van der Waals surface area contributed by atoms with Crippen molar-refractivity contribution in [2.45, 2.75) is 52.4 Å². The van der Waals surface area contributed by atoms with Crippen LogP contribution in [-0.2, 0) is 9.59 Å². The Balaban J connectivity index is -0.000000197. The van der Waals surface area contributed by atoms with Crippen molar-refractivity contribution in [1.82, 2.24) is 0 Å². The zero-order chi connectivity index (χ0) is 14.8. The molecule has 6 nitrogen and oxygen atoms in total. The number of unbranched alkanes of at least 4 members (excludes halogenated alkanes) is 3. The third-order valence-electron chi connectivity index (χ3n) is 1.67. The number of carboxylic acids is 2. The van der Waals surface area contributed by atoms with Crippen LogP contribution in [-0.4, -0.2) is 45.6 Å². The normalized spacial score (nSPS) is 8.44. The molecule has 0 radical (unpaired) electrons. The number of hydrogen-bond donors (Lipinski definition) is 4. The third-order valence-corrected chi connectivity index (χ3v) is 1.67. The van der Waals surface area contributed by atoms with Gasteiger partial charge in [0.2, 0.25) is 0 Å². The Morgan fingerprint density at radius 1 is 0.722 bits per heavy atom. The maximum Gasteiger partial charge on any atom is 0.303 e. The summed E-state index contributed by atoms with van der Waals surface area (Å²) < 4.78 is 0. The summed E-state index contributed by atoms with van der Waals surface area (Å²) in [6.07, 6.45) is 4.27. The van der Waals surface area contributed by atoms with E-state index in [2.05, 4.69) is 0 Å². The zero-order valence-electron chi connectivity index (χ0n) is 11.3. The van der Waals surface area contributed by atoms with Gasteiger partial charge in [0.1, 0.15) is 0 Å². The van der Waals surface area contributed by atoms with E-state index in [9.17, 15) is 9.59 Å². The number of aliphatic hydroxyl groups excluding tert-OH is 2. The molecule has 0 atom stereocenters. The largest absolute Gasteiger partial charge is 0.481 e. The van der Waals surface area contributed by atoms with E-state index in [1.807, 2.05) is 0 Å². The number of hydrogen-bond acceptors (Lipinski definition) is 4. The molecule has 0 saturated heterocycles. The van der Waals surface area contributed by atoms with E-state index in [1.165, 1.54) is 0 Å². The molecular weight excluding hydrogens is 240 g/mol. The first-order chi connectivity index (χ1) is 8.45. The molecule has 0 bridgehead atoms. The minimum absolute atomic E-state index is 0.222. The molecule has 0 aliphatic rings. The van der Waals surface area contributed by atoms with Gasteiger partial charge in [0.25, 0.3) is 0 Å². The third kappa shape index (κ3) is 46.2. The van der Waals surface area contributed by atoms with Crippen LogP contribution in [0.2, 0.25) is 0 Å². The molecule has 0 unspecified atom stereocenters. The van der Waals surface area contributed by atoms with Gasteiger partial charge in [0, 0.05) is 26.1 Å². The molecule has 0 aromatic rings. The maximum absolute atomic E-state index is 9.37. The Morgan fingerprint density at radius 3 is 1.06 bits per heavy atom. The summed E-state index contributed by atoms with van der Waals surface area (Å²) >= 11 is 0. The van der Waals surface area contributed by atoms with Crippen molar-refractivity contribution < 1.29 is 30.0 Å². The van der Waals surface area contributed by atoms with Crippen molar-refractivity contribution in [3.63, 3.8) is 0 Å². The van der Waals surface area contributed by atoms with Crippen molar-refractivity contribution in [2.75, 3.05) is 13.2 Å². The molecule has 110 valence electrons. The van der Waals surface area contributed by atoms with Gasteiger partial charge in [-0.3, -0.25) is 9.59 Å². The summed E-state index contributed by atoms with van der Waals surface area (Å²) in [4.78, 5) is 18.7. The summed E-state index contributed by atoms with van der Waals surface area (Å²) in [5, 5.41) is 32.1. The highest BCUT2D eigenvalue weighted by molar-refractivity contribution is 5.66. The van der Waals surface area contributed by atoms with Crippen LogP contribution < -0.4 is 0 Å². The SMILES string of the molecule is CCC(=O)O.CCC(=O)O.OCCCCCCO. The van der Waals surface area contributed by atoms with Crippen LogP contribution in [0.4, 0.5) is 0 Å². The van der Waals surface area contributed by atoms with E-state index >= 15 is 0 Å². The van der Waals surface area contributed by atoms with E-state index in [-0.39, 0.29) is 26.1 Å². The highest BCUT2D eigenvalue weighted by Crippen LogP contribution is 1.96. The fourth-order valence-electron chi connectivity index (χ4n) is 0.577. The van der Waals surface area contributed by atoms with Crippen LogP contribution in [0.3, 0.4) is 0 Å². The van der Waals surface area contributed by atoms with E-state index in [4.69, 9.17) is 20.4 Å². The van der Waals surface area contributed by atoms with E-state index < -0.39 is 11.9 Å². The number of aliphatic hydroxyl groups is 2. The fourth-order valence-corrected chi connectivity index (χ4v) is 0.577. The van der Waals surface area contributed by atoms with Gasteiger partial charge in [0.15, 0.2) is 0 Å². The summed E-state index contributed by atoms with van der Waals surface area (Å²) in [5.74, 6) is -1.49. The number of carboxylic acid groups (broad SMARTS) is 2. The molecule has 0 saturated carbocycles. The van der Waals surface area contributed by atoms with E-state index in [0.29, 0.717) is 0 Å². The van der Waals surface area contributed by atoms with Crippen LogP contribution in [0.5, 0.6) is 0 Å². The summed E-state index contributed by atoms with van der Waals surface area (Å²) in [5.41, 5.74) is 0. The molecule has 0 spiro atoms. The average molecular weight is 266 g/mol. The molecule has 0 heterocycles. The van der Waals surface area contributed by atoms with Gasteiger partial charge in [-0.2, -0.15) is 0 Å². The highest BCUT2D eigenvalue weighted by Gasteiger charge is 1.84. The standard InChI is InChI=1S/C6H14O2.2C3H6O2/c7-5-3-1-2-4-6-8;2*1-2-3(4)5/h7-8H,1-6H2;2*2H2,1H3,(H,4,5). The van der Waals surface area contributed by atoms with Gasteiger partial charge < -0.3 is 20.4 Å². The Kier molecular flexibility index (Phi) is 26.0. The van der Waals surface area contributed by atoms with Crippen molar-refractivity contribution in [2.24, 2.45) is 0 Å². The Labute approximate surface area is 108 Å². The summed E-state index contributed by atoms with van der Waals surface area (Å²) in [7, 11) is 0. The van der Waals surface area contributed by atoms with Gasteiger partial charge in [-0.05, 0) is 12.8 Å². The van der Waals surface area contributed by atoms with Gasteiger partial charge in [-0.15, -0.1) is 0 Å². The van der Waals surface area contributed by atoms with Gasteiger partial charge in [0.05, 0.1) is 0 Å². The quantitative estimate of drug-likeness (QED) is 0.519. The van der Waals surface area contributed by atoms with Crippen LogP contribution >= 0.6 is 0 Å². The first-order valence-corrected chi connectivity index (χ1v) is 6.11. The number of rotatable bonds is 7. The smallest absolute Gasteiger partial charge is 0.303 e. The minimum Gasteiger partial charge on any atom is -0.481 e. The van der Waals surface area contributed by atoms with Crippen molar-refractivity contribution in [1.29, 1.82) is 0 Å². The average Bonchev–Trinajstić information content (AvgIpc) is 2.36. The zero-order valence-corrected chi connectivity index (χ0v) is 11.3. The summed E-state index contributed by atoms with van der Waals surface area (Å²) in [6.45, 7) is 3.77. The molecule has 0 aliphatic carbocycles. The maximum atomic E-state index is 9.37. The Morgan fingerprint density at radius 2 is 0.944 bits per heavy atom. The lowest BCUT2D eigenvalue weighted by atomic mass is 10.2. The van der Waals surface area contributed by atoms with E-state index in [1.54, 1.807) is 13.8 Å². The van der Waals surface area contributed by atoms with E-state index in [0.717, 1.165) is 25.7 Å². The minimum atomic E-state index is -0.745. The van der Waals surface area contributed by atoms with Crippen molar-refractivity contribution in [3.8, 4) is 0 Å². The molecule has 0 aromatic carbocycles. The van der Waals surface area contributed by atoms with Crippen LogP contribution in [0.15, 0.2) is 0 Å². The van der Waals surface area contributed by atoms with Crippen LogP contribution in [0, 0.1) is 0 Å². The second-order valence-electron chi connectivity index (χ2n) is 3.36. The molecule has 4 N–H and O–H groups in total. The monoisotopic (exact) mass is 266 g/mol. The first-order valence-electron chi connectivity index (χ1n) is 6.11. The fraction of sp³-hybridized carbons (Fsp3) is 0.833. The predicted octanol–water partition coefficient (Wildman–Crippen LogP) is 1.49. The Hall–Kier alpha value is -1.14. The van der Waals surface area contributed by atoms with Crippen molar-refractivity contribution >= 4 is 11.9 Å². The number of carbonyl (C=O) groups is 2. The predicted molar refractivity (Wildman–Crippen MR) is 68.5 cm³/mol. The summed E-state index contributed by atoms with van der Waals surface area (Å²) in [6, 6.07) is 0. The van der Waals surface area contributed by atoms with Crippen LogP contribution in [0.1, 0.15) is 52.4 Å². The Bertz CT molecular complexity index is 161. The molecule has 6 heteroatoms.